The Labute approximate surface area is 143 Å². The number of aromatic amines is 1. The Balaban J connectivity index is 1.36. The van der Waals surface area contributed by atoms with Gasteiger partial charge < -0.3 is 15.5 Å². The Bertz CT molecular complexity index is 865. The van der Waals surface area contributed by atoms with Gasteiger partial charge in [-0.15, -0.1) is 0 Å². The Morgan fingerprint density at radius 1 is 1.24 bits per heavy atom. The van der Waals surface area contributed by atoms with Crippen molar-refractivity contribution in [2.24, 2.45) is 0 Å². The van der Waals surface area contributed by atoms with E-state index < -0.39 is 0 Å². The number of fused-ring (bicyclic) bond motifs is 1. The van der Waals surface area contributed by atoms with Crippen LogP contribution in [0.2, 0.25) is 0 Å². The van der Waals surface area contributed by atoms with Gasteiger partial charge in [0.05, 0.1) is 6.20 Å². The molecular formula is C16H18N8O. The van der Waals surface area contributed by atoms with Gasteiger partial charge in [-0.2, -0.15) is 15.4 Å². The summed E-state index contributed by atoms with van der Waals surface area (Å²) in [6.07, 6.45) is 7.01. The number of amides is 2. The molecule has 9 heteroatoms. The maximum absolute atomic E-state index is 12.3. The maximum atomic E-state index is 12.3. The predicted molar refractivity (Wildman–Crippen MR) is 93.3 cm³/mol. The molecule has 0 spiro atoms. The summed E-state index contributed by atoms with van der Waals surface area (Å²) in [6.45, 7) is 1.63. The van der Waals surface area contributed by atoms with Gasteiger partial charge in [-0.05, 0) is 31.0 Å². The Kier molecular flexibility index (Phi) is 4.11. The summed E-state index contributed by atoms with van der Waals surface area (Å²) in [6, 6.07) is 5.23. The molecular weight excluding hydrogens is 320 g/mol. The van der Waals surface area contributed by atoms with Gasteiger partial charge >= 0.3 is 6.03 Å². The summed E-state index contributed by atoms with van der Waals surface area (Å²) in [5.41, 5.74) is 2.16. The SMILES string of the molecule is O=C(Nc1ccc2n[nH]nc2c1)NC1CCCN(c2cnccn2)C1. The molecule has 25 heavy (non-hydrogen) atoms. The summed E-state index contributed by atoms with van der Waals surface area (Å²) in [5, 5.41) is 16.4. The van der Waals surface area contributed by atoms with E-state index in [-0.39, 0.29) is 12.1 Å². The number of benzene rings is 1. The molecule has 9 nitrogen and oxygen atoms in total. The first-order valence-corrected chi connectivity index (χ1v) is 8.17. The van der Waals surface area contributed by atoms with Gasteiger partial charge in [0.25, 0.3) is 0 Å². The molecule has 1 fully saturated rings. The number of H-pyrrole nitrogens is 1. The molecule has 1 aliphatic rings. The van der Waals surface area contributed by atoms with Crippen LogP contribution >= 0.6 is 0 Å². The first kappa shape index (κ1) is 15.3. The number of nitrogens with one attached hydrogen (secondary N) is 3. The van der Waals surface area contributed by atoms with Crippen molar-refractivity contribution in [3.8, 4) is 0 Å². The van der Waals surface area contributed by atoms with Crippen LogP contribution in [0.3, 0.4) is 0 Å². The van der Waals surface area contributed by atoms with E-state index >= 15 is 0 Å². The number of urea groups is 1. The minimum atomic E-state index is -0.228. The number of carbonyl (C=O) groups excluding carboxylic acids is 1. The quantitative estimate of drug-likeness (QED) is 0.668. The fourth-order valence-electron chi connectivity index (χ4n) is 3.03. The van der Waals surface area contributed by atoms with E-state index in [4.69, 9.17) is 0 Å². The van der Waals surface area contributed by atoms with Crippen molar-refractivity contribution in [3.63, 3.8) is 0 Å². The number of anilines is 2. The third kappa shape index (κ3) is 3.49. The van der Waals surface area contributed by atoms with Crippen LogP contribution in [-0.4, -0.2) is 50.5 Å². The summed E-state index contributed by atoms with van der Waals surface area (Å²) < 4.78 is 0. The number of aromatic nitrogens is 5. The van der Waals surface area contributed by atoms with Crippen molar-refractivity contribution in [2.75, 3.05) is 23.3 Å². The summed E-state index contributed by atoms with van der Waals surface area (Å²) in [4.78, 5) is 22.9. The molecule has 3 aromatic rings. The van der Waals surface area contributed by atoms with Crippen molar-refractivity contribution >= 4 is 28.6 Å². The zero-order valence-electron chi connectivity index (χ0n) is 13.5. The van der Waals surface area contributed by atoms with Crippen LogP contribution in [0.4, 0.5) is 16.3 Å². The van der Waals surface area contributed by atoms with Gasteiger partial charge in [0.15, 0.2) is 0 Å². The molecule has 3 heterocycles. The van der Waals surface area contributed by atoms with E-state index in [1.165, 1.54) is 0 Å². The molecule has 2 aromatic heterocycles. The molecule has 0 radical (unpaired) electrons. The lowest BCUT2D eigenvalue weighted by molar-refractivity contribution is 0.246. The molecule has 1 atom stereocenters. The normalized spacial score (nSPS) is 17.4. The number of hydrogen-bond acceptors (Lipinski definition) is 6. The lowest BCUT2D eigenvalue weighted by atomic mass is 10.1. The van der Waals surface area contributed by atoms with Crippen LogP contribution in [0.25, 0.3) is 11.0 Å². The molecule has 2 amide bonds. The zero-order valence-corrected chi connectivity index (χ0v) is 13.5. The van der Waals surface area contributed by atoms with E-state index in [2.05, 4.69) is 40.9 Å². The number of carbonyl (C=O) groups is 1. The average molecular weight is 338 g/mol. The van der Waals surface area contributed by atoms with Crippen molar-refractivity contribution in [3.05, 3.63) is 36.8 Å². The second kappa shape index (κ2) is 6.71. The van der Waals surface area contributed by atoms with E-state index in [1.807, 2.05) is 6.07 Å². The fourth-order valence-corrected chi connectivity index (χ4v) is 3.03. The summed E-state index contributed by atoms with van der Waals surface area (Å²) >= 11 is 0. The topological polar surface area (TPSA) is 112 Å². The molecule has 1 aliphatic heterocycles. The Hall–Kier alpha value is -3.23. The molecule has 0 bridgehead atoms. The average Bonchev–Trinajstić information content (AvgIpc) is 3.10. The maximum Gasteiger partial charge on any atom is 0.319 e. The number of nitrogens with zero attached hydrogens (tertiary/aromatic N) is 5. The lowest BCUT2D eigenvalue weighted by Crippen LogP contribution is -2.49. The van der Waals surface area contributed by atoms with Crippen molar-refractivity contribution < 1.29 is 4.79 Å². The molecule has 0 saturated carbocycles. The van der Waals surface area contributed by atoms with Gasteiger partial charge in [-0.3, -0.25) is 4.98 Å². The molecule has 0 aliphatic carbocycles. The standard InChI is InChI=1S/C16H18N8O/c25-16(19-11-3-4-13-14(8-11)22-23-21-13)20-12-2-1-7-24(10-12)15-9-17-5-6-18-15/h3-6,8-9,12H,1-2,7,10H2,(H2,19,20,25)(H,21,22,23). The molecule has 4 rings (SSSR count). The van der Waals surface area contributed by atoms with Gasteiger partial charge in [-0.25, -0.2) is 9.78 Å². The van der Waals surface area contributed by atoms with Gasteiger partial charge in [-0.1, -0.05) is 0 Å². The monoisotopic (exact) mass is 338 g/mol. The smallest absolute Gasteiger partial charge is 0.319 e. The number of rotatable bonds is 3. The van der Waals surface area contributed by atoms with Crippen molar-refractivity contribution in [2.45, 2.75) is 18.9 Å². The van der Waals surface area contributed by atoms with Crippen LogP contribution in [0.5, 0.6) is 0 Å². The van der Waals surface area contributed by atoms with E-state index in [0.29, 0.717) is 17.7 Å². The fraction of sp³-hybridized carbons (Fsp3) is 0.312. The van der Waals surface area contributed by atoms with Crippen molar-refractivity contribution in [1.82, 2.24) is 30.7 Å². The van der Waals surface area contributed by atoms with Crippen LogP contribution < -0.4 is 15.5 Å². The Morgan fingerprint density at radius 2 is 2.16 bits per heavy atom. The van der Waals surface area contributed by atoms with Crippen molar-refractivity contribution in [1.29, 1.82) is 0 Å². The third-order valence-corrected chi connectivity index (χ3v) is 4.20. The van der Waals surface area contributed by atoms with E-state index in [9.17, 15) is 4.79 Å². The number of piperidine rings is 1. The van der Waals surface area contributed by atoms with E-state index in [1.54, 1.807) is 30.7 Å². The molecule has 3 N–H and O–H groups in total. The third-order valence-electron chi connectivity index (χ3n) is 4.20. The summed E-state index contributed by atoms with van der Waals surface area (Å²) in [7, 11) is 0. The summed E-state index contributed by atoms with van der Waals surface area (Å²) in [5.74, 6) is 0.839. The zero-order chi connectivity index (χ0) is 17.1. The highest BCUT2D eigenvalue weighted by Crippen LogP contribution is 2.17. The van der Waals surface area contributed by atoms with Gasteiger partial charge in [0, 0.05) is 37.2 Å². The second-order valence-corrected chi connectivity index (χ2v) is 5.97. The van der Waals surface area contributed by atoms with Crippen LogP contribution in [0, 0.1) is 0 Å². The second-order valence-electron chi connectivity index (χ2n) is 5.97. The molecule has 1 saturated heterocycles. The minimum Gasteiger partial charge on any atom is -0.353 e. The van der Waals surface area contributed by atoms with E-state index in [0.717, 1.165) is 30.7 Å². The highest BCUT2D eigenvalue weighted by Gasteiger charge is 2.22. The van der Waals surface area contributed by atoms with Gasteiger partial charge in [0.1, 0.15) is 16.9 Å². The highest BCUT2D eigenvalue weighted by atomic mass is 16.2. The first-order valence-electron chi connectivity index (χ1n) is 8.17. The molecule has 128 valence electrons. The number of hydrogen-bond donors (Lipinski definition) is 3. The predicted octanol–water partition coefficient (Wildman–Crippen LogP) is 1.54. The molecule has 1 unspecified atom stereocenters. The molecule has 1 aromatic carbocycles. The van der Waals surface area contributed by atoms with Gasteiger partial charge in [0.2, 0.25) is 0 Å². The van der Waals surface area contributed by atoms with Crippen LogP contribution in [0.1, 0.15) is 12.8 Å². The van der Waals surface area contributed by atoms with Crippen LogP contribution in [-0.2, 0) is 0 Å². The lowest BCUT2D eigenvalue weighted by Gasteiger charge is -2.33. The largest absolute Gasteiger partial charge is 0.353 e. The highest BCUT2D eigenvalue weighted by molar-refractivity contribution is 5.91. The Morgan fingerprint density at radius 3 is 3.04 bits per heavy atom. The van der Waals surface area contributed by atoms with Crippen LogP contribution in [0.15, 0.2) is 36.8 Å². The minimum absolute atomic E-state index is 0.0616. The first-order chi connectivity index (χ1) is 12.3.